The van der Waals surface area contributed by atoms with Crippen molar-refractivity contribution in [3.8, 4) is 0 Å². The van der Waals surface area contributed by atoms with E-state index in [1.807, 2.05) is 33.3 Å². The Morgan fingerprint density at radius 3 is 1.46 bits per heavy atom. The number of nitrogens with one attached hydrogen (secondary N) is 2. The van der Waals surface area contributed by atoms with Gasteiger partial charge in [0, 0.05) is 37.7 Å². The molecule has 0 aromatic carbocycles. The van der Waals surface area contributed by atoms with Crippen molar-refractivity contribution in [3.05, 3.63) is 0 Å². The molecule has 2 heterocycles. The summed E-state index contributed by atoms with van der Waals surface area (Å²) < 4.78 is 0. The Morgan fingerprint density at radius 1 is 0.769 bits per heavy atom. The topological polar surface area (TPSA) is 64.7 Å². The van der Waals surface area contributed by atoms with Crippen LogP contribution in [0.15, 0.2) is 0 Å². The number of urea groups is 2. The summed E-state index contributed by atoms with van der Waals surface area (Å²) in [6.07, 6.45) is 4.10. The second-order valence-electron chi connectivity index (χ2n) is 7.77. The quantitative estimate of drug-likeness (QED) is 0.639. The minimum Gasteiger partial charge on any atom is -0.338 e. The molecular weight excluding hydrogens is 368 g/mol. The predicted octanol–water partition coefficient (Wildman–Crippen LogP) is 3.54. The van der Waals surface area contributed by atoms with E-state index >= 15 is 0 Å². The first kappa shape index (κ1) is 21.5. The fourth-order valence-electron chi connectivity index (χ4n) is 3.34. The summed E-state index contributed by atoms with van der Waals surface area (Å²) in [5, 5.41) is 6.06. The first-order chi connectivity index (χ1) is 12.2. The van der Waals surface area contributed by atoms with Crippen LogP contribution >= 0.6 is 23.5 Å². The highest BCUT2D eigenvalue weighted by Crippen LogP contribution is 2.35. The number of hydrogen-bond acceptors (Lipinski definition) is 4. The summed E-state index contributed by atoms with van der Waals surface area (Å²) in [7, 11) is 0. The number of thioether (sulfide) groups is 2. The van der Waals surface area contributed by atoms with Gasteiger partial charge in [-0.25, -0.2) is 9.59 Å². The number of carbonyl (C=O) groups is 2. The number of nitrogens with zero attached hydrogens (tertiary/aromatic N) is 2. The summed E-state index contributed by atoms with van der Waals surface area (Å²) >= 11 is 3.65. The summed E-state index contributed by atoms with van der Waals surface area (Å²) in [6, 6.07) is 0.108. The van der Waals surface area contributed by atoms with E-state index in [0.717, 1.165) is 63.4 Å². The van der Waals surface area contributed by atoms with Gasteiger partial charge >= 0.3 is 12.1 Å². The molecule has 0 radical (unpaired) electrons. The lowest BCUT2D eigenvalue weighted by Gasteiger charge is -2.30. The molecule has 2 aliphatic rings. The smallest absolute Gasteiger partial charge is 0.318 e. The number of carbonyl (C=O) groups excluding carboxylic acids is 2. The highest BCUT2D eigenvalue weighted by Gasteiger charge is 2.36. The van der Waals surface area contributed by atoms with E-state index in [1.165, 1.54) is 0 Å². The lowest BCUT2D eigenvalue weighted by Crippen LogP contribution is -2.47. The van der Waals surface area contributed by atoms with E-state index in [2.05, 4.69) is 38.3 Å². The molecule has 0 saturated carbocycles. The molecule has 150 valence electrons. The SMILES string of the molecule is CC1(C)SCCN1C(=O)NCCCCCCNC(=O)N1CCSC1(C)C. The monoisotopic (exact) mass is 402 g/mol. The molecule has 8 heteroatoms. The fourth-order valence-corrected chi connectivity index (χ4v) is 5.55. The first-order valence-corrected chi connectivity index (χ1v) is 11.6. The third-order valence-corrected chi connectivity index (χ3v) is 7.61. The molecule has 0 aliphatic carbocycles. The van der Waals surface area contributed by atoms with Gasteiger partial charge in [0.2, 0.25) is 0 Å². The van der Waals surface area contributed by atoms with E-state index in [1.54, 1.807) is 0 Å². The molecule has 0 aromatic heterocycles. The summed E-state index contributed by atoms with van der Waals surface area (Å²) in [5.74, 6) is 2.03. The summed E-state index contributed by atoms with van der Waals surface area (Å²) in [6.45, 7) is 11.5. The van der Waals surface area contributed by atoms with Crippen molar-refractivity contribution in [3.63, 3.8) is 0 Å². The molecule has 0 atom stereocenters. The van der Waals surface area contributed by atoms with Crippen LogP contribution in [0.2, 0.25) is 0 Å². The minimum absolute atomic E-state index is 0.0540. The highest BCUT2D eigenvalue weighted by atomic mass is 32.2. The van der Waals surface area contributed by atoms with Crippen LogP contribution in [0.4, 0.5) is 9.59 Å². The summed E-state index contributed by atoms with van der Waals surface area (Å²) in [5.41, 5.74) is 0. The second-order valence-corrected chi connectivity index (χ2v) is 11.2. The Bertz CT molecular complexity index is 456. The maximum Gasteiger partial charge on any atom is 0.318 e. The van der Waals surface area contributed by atoms with Crippen molar-refractivity contribution >= 4 is 35.6 Å². The van der Waals surface area contributed by atoms with E-state index in [9.17, 15) is 9.59 Å². The van der Waals surface area contributed by atoms with Gasteiger partial charge in [0.05, 0.1) is 9.74 Å². The van der Waals surface area contributed by atoms with Crippen molar-refractivity contribution in [2.24, 2.45) is 0 Å². The molecule has 2 aliphatic heterocycles. The second kappa shape index (κ2) is 9.44. The van der Waals surface area contributed by atoms with Crippen LogP contribution in [0.3, 0.4) is 0 Å². The van der Waals surface area contributed by atoms with Gasteiger partial charge in [0.25, 0.3) is 0 Å². The molecule has 26 heavy (non-hydrogen) atoms. The average molecular weight is 403 g/mol. The van der Waals surface area contributed by atoms with Gasteiger partial charge in [-0.15, -0.1) is 23.5 Å². The Balaban J connectivity index is 1.48. The molecule has 0 bridgehead atoms. The molecule has 6 nitrogen and oxygen atoms in total. The van der Waals surface area contributed by atoms with Crippen LogP contribution in [0.1, 0.15) is 53.4 Å². The zero-order valence-electron chi connectivity index (χ0n) is 16.6. The number of unbranched alkanes of at least 4 members (excludes halogenated alkanes) is 3. The van der Waals surface area contributed by atoms with Crippen molar-refractivity contribution in [1.82, 2.24) is 20.4 Å². The molecule has 2 saturated heterocycles. The highest BCUT2D eigenvalue weighted by molar-refractivity contribution is 8.01. The van der Waals surface area contributed by atoms with E-state index in [0.29, 0.717) is 0 Å². The lowest BCUT2D eigenvalue weighted by molar-refractivity contribution is 0.182. The maximum absolute atomic E-state index is 12.2. The van der Waals surface area contributed by atoms with E-state index in [4.69, 9.17) is 0 Å². The molecule has 0 aromatic rings. The number of rotatable bonds is 7. The van der Waals surface area contributed by atoms with Crippen LogP contribution in [0.25, 0.3) is 0 Å². The zero-order valence-corrected chi connectivity index (χ0v) is 18.2. The van der Waals surface area contributed by atoms with Gasteiger partial charge < -0.3 is 20.4 Å². The van der Waals surface area contributed by atoms with Gasteiger partial charge in [-0.2, -0.15) is 0 Å². The maximum atomic E-state index is 12.2. The zero-order chi connectivity index (χ0) is 19.2. The molecule has 0 unspecified atom stereocenters. The largest absolute Gasteiger partial charge is 0.338 e. The van der Waals surface area contributed by atoms with Crippen LogP contribution < -0.4 is 10.6 Å². The van der Waals surface area contributed by atoms with Gasteiger partial charge in [-0.05, 0) is 40.5 Å². The fraction of sp³-hybridized carbons (Fsp3) is 0.889. The van der Waals surface area contributed by atoms with E-state index in [-0.39, 0.29) is 21.8 Å². The molecular formula is C18H34N4O2S2. The Labute approximate surface area is 166 Å². The number of hydrogen-bond donors (Lipinski definition) is 2. The third kappa shape index (κ3) is 5.87. The van der Waals surface area contributed by atoms with Gasteiger partial charge in [0.15, 0.2) is 0 Å². The van der Waals surface area contributed by atoms with Crippen molar-refractivity contribution < 1.29 is 9.59 Å². The Kier molecular flexibility index (Phi) is 7.82. The standard InChI is InChI=1S/C18H34N4O2S2/c1-17(2)21(11-13-25-17)15(23)19-9-7-5-6-8-10-20-16(24)22-12-14-26-18(22,3)4/h5-14H2,1-4H3,(H,19,23)(H,20,24). The van der Waals surface area contributed by atoms with Crippen molar-refractivity contribution in [1.29, 1.82) is 0 Å². The Hall–Kier alpha value is -0.760. The molecule has 4 amide bonds. The molecule has 2 rings (SSSR count). The van der Waals surface area contributed by atoms with Crippen molar-refractivity contribution in [2.75, 3.05) is 37.7 Å². The summed E-state index contributed by atoms with van der Waals surface area (Å²) in [4.78, 5) is 28.1. The average Bonchev–Trinajstić information content (AvgIpc) is 3.10. The van der Waals surface area contributed by atoms with Crippen LogP contribution in [0.5, 0.6) is 0 Å². The predicted molar refractivity (Wildman–Crippen MR) is 112 cm³/mol. The molecule has 0 spiro atoms. The van der Waals surface area contributed by atoms with Gasteiger partial charge in [0.1, 0.15) is 0 Å². The molecule has 2 N–H and O–H groups in total. The van der Waals surface area contributed by atoms with Gasteiger partial charge in [-0.1, -0.05) is 12.8 Å². The first-order valence-electron chi connectivity index (χ1n) is 9.63. The third-order valence-electron chi connectivity index (χ3n) is 4.99. The lowest BCUT2D eigenvalue weighted by atomic mass is 10.2. The normalized spacial score (nSPS) is 21.1. The molecule has 2 fully saturated rings. The van der Waals surface area contributed by atoms with Gasteiger partial charge in [-0.3, -0.25) is 0 Å². The number of amides is 4. The van der Waals surface area contributed by atoms with Crippen LogP contribution in [-0.2, 0) is 0 Å². The van der Waals surface area contributed by atoms with Crippen LogP contribution in [-0.4, -0.2) is 69.3 Å². The minimum atomic E-state index is -0.0926. The van der Waals surface area contributed by atoms with Crippen molar-refractivity contribution in [2.45, 2.75) is 63.1 Å². The Morgan fingerprint density at radius 2 is 1.15 bits per heavy atom. The van der Waals surface area contributed by atoms with Crippen LogP contribution in [0, 0.1) is 0 Å². The van der Waals surface area contributed by atoms with E-state index < -0.39 is 0 Å².